The highest BCUT2D eigenvalue weighted by Gasteiger charge is 2.36. The standard InChI is InChI=1S/C12H14N2/c1-12(2)6-9-5-8(7-13)3-4-10(9)11(12)14/h3-5,11H,6,14H2,1-2H3/t11-/m1/s1. The van der Waals surface area contributed by atoms with Crippen molar-refractivity contribution in [3.8, 4) is 6.07 Å². The molecule has 72 valence electrons. The van der Waals surface area contributed by atoms with Crippen molar-refractivity contribution in [3.05, 3.63) is 34.9 Å². The van der Waals surface area contributed by atoms with Crippen molar-refractivity contribution in [1.29, 1.82) is 5.26 Å². The molecule has 2 rings (SSSR count). The molecule has 0 bridgehead atoms. The molecule has 0 aromatic heterocycles. The van der Waals surface area contributed by atoms with E-state index in [2.05, 4.69) is 19.9 Å². The molecule has 0 saturated heterocycles. The number of hydrogen-bond acceptors (Lipinski definition) is 2. The van der Waals surface area contributed by atoms with Gasteiger partial charge in [-0.2, -0.15) is 5.26 Å². The third-order valence-electron chi connectivity index (χ3n) is 3.10. The van der Waals surface area contributed by atoms with Gasteiger partial charge in [0.05, 0.1) is 11.6 Å². The molecule has 1 aliphatic rings. The van der Waals surface area contributed by atoms with Crippen LogP contribution in [0.5, 0.6) is 0 Å². The summed E-state index contributed by atoms with van der Waals surface area (Å²) in [6.45, 7) is 4.34. The van der Waals surface area contributed by atoms with Crippen molar-refractivity contribution in [2.75, 3.05) is 0 Å². The van der Waals surface area contributed by atoms with E-state index in [1.54, 1.807) is 0 Å². The van der Waals surface area contributed by atoms with E-state index >= 15 is 0 Å². The molecule has 1 atom stereocenters. The lowest BCUT2D eigenvalue weighted by molar-refractivity contribution is 0.319. The van der Waals surface area contributed by atoms with E-state index in [4.69, 9.17) is 11.0 Å². The fourth-order valence-electron chi connectivity index (χ4n) is 2.15. The molecular formula is C12H14N2. The molecule has 0 heterocycles. The highest BCUT2D eigenvalue weighted by atomic mass is 14.7. The Bertz CT molecular complexity index is 413. The van der Waals surface area contributed by atoms with Crippen LogP contribution in [0.1, 0.15) is 36.6 Å². The molecule has 0 saturated carbocycles. The molecule has 1 aromatic carbocycles. The lowest BCUT2D eigenvalue weighted by atomic mass is 9.86. The Kier molecular flexibility index (Phi) is 1.87. The second-order valence-corrected chi connectivity index (χ2v) is 4.67. The van der Waals surface area contributed by atoms with E-state index in [1.807, 2.05) is 18.2 Å². The Balaban J connectivity index is 2.50. The van der Waals surface area contributed by atoms with E-state index in [9.17, 15) is 0 Å². The minimum absolute atomic E-state index is 0.102. The molecule has 2 heteroatoms. The van der Waals surface area contributed by atoms with Crippen molar-refractivity contribution >= 4 is 0 Å². The second-order valence-electron chi connectivity index (χ2n) is 4.67. The molecule has 0 unspecified atom stereocenters. The summed E-state index contributed by atoms with van der Waals surface area (Å²) in [6.07, 6.45) is 0.971. The van der Waals surface area contributed by atoms with Gasteiger partial charge >= 0.3 is 0 Å². The summed E-state index contributed by atoms with van der Waals surface area (Å²) in [5, 5.41) is 8.78. The van der Waals surface area contributed by atoms with Gasteiger partial charge in [-0.05, 0) is 35.1 Å². The number of nitrogens with zero attached hydrogens (tertiary/aromatic N) is 1. The van der Waals surface area contributed by atoms with E-state index in [-0.39, 0.29) is 11.5 Å². The number of nitrogens with two attached hydrogens (primary N) is 1. The Labute approximate surface area is 84.3 Å². The van der Waals surface area contributed by atoms with Gasteiger partial charge in [0.1, 0.15) is 0 Å². The molecule has 2 N–H and O–H groups in total. The maximum Gasteiger partial charge on any atom is 0.0991 e. The summed E-state index contributed by atoms with van der Waals surface area (Å²) in [5.74, 6) is 0. The van der Waals surface area contributed by atoms with Crippen LogP contribution in [-0.4, -0.2) is 0 Å². The summed E-state index contributed by atoms with van der Waals surface area (Å²) < 4.78 is 0. The number of hydrogen-bond donors (Lipinski definition) is 1. The van der Waals surface area contributed by atoms with Crippen LogP contribution >= 0.6 is 0 Å². The van der Waals surface area contributed by atoms with Gasteiger partial charge in [0.25, 0.3) is 0 Å². The summed E-state index contributed by atoms with van der Waals surface area (Å²) in [4.78, 5) is 0. The van der Waals surface area contributed by atoms with Gasteiger partial charge in [0.2, 0.25) is 0 Å². The normalized spacial score (nSPS) is 22.9. The third-order valence-corrected chi connectivity index (χ3v) is 3.10. The molecule has 1 aliphatic carbocycles. The number of fused-ring (bicyclic) bond motifs is 1. The van der Waals surface area contributed by atoms with Crippen molar-refractivity contribution < 1.29 is 0 Å². The number of benzene rings is 1. The topological polar surface area (TPSA) is 49.8 Å². The Morgan fingerprint density at radius 2 is 2.21 bits per heavy atom. The smallest absolute Gasteiger partial charge is 0.0991 e. The van der Waals surface area contributed by atoms with Crippen LogP contribution in [0, 0.1) is 16.7 Å². The fraction of sp³-hybridized carbons (Fsp3) is 0.417. The molecule has 0 radical (unpaired) electrons. The van der Waals surface area contributed by atoms with Gasteiger partial charge in [-0.15, -0.1) is 0 Å². The van der Waals surface area contributed by atoms with Crippen LogP contribution < -0.4 is 5.73 Å². The van der Waals surface area contributed by atoms with Crippen LogP contribution in [0.2, 0.25) is 0 Å². The van der Waals surface area contributed by atoms with Gasteiger partial charge in [-0.25, -0.2) is 0 Å². The third kappa shape index (κ3) is 1.21. The number of nitriles is 1. The first kappa shape index (κ1) is 9.23. The fourth-order valence-corrected chi connectivity index (χ4v) is 2.15. The summed E-state index contributed by atoms with van der Waals surface area (Å²) in [6, 6.07) is 8.06. The first-order chi connectivity index (χ1) is 6.54. The van der Waals surface area contributed by atoms with Crippen LogP contribution in [0.15, 0.2) is 18.2 Å². The molecule has 0 aliphatic heterocycles. The quantitative estimate of drug-likeness (QED) is 0.674. The zero-order chi connectivity index (χ0) is 10.3. The summed E-state index contributed by atoms with van der Waals surface area (Å²) >= 11 is 0. The molecule has 0 spiro atoms. The highest BCUT2D eigenvalue weighted by Crippen LogP contribution is 2.43. The van der Waals surface area contributed by atoms with Gasteiger partial charge in [-0.1, -0.05) is 19.9 Å². The van der Waals surface area contributed by atoms with Crippen molar-refractivity contribution in [1.82, 2.24) is 0 Å². The van der Waals surface area contributed by atoms with Gasteiger partial charge in [-0.3, -0.25) is 0 Å². The van der Waals surface area contributed by atoms with E-state index in [0.717, 1.165) is 12.0 Å². The van der Waals surface area contributed by atoms with Crippen molar-refractivity contribution in [2.24, 2.45) is 11.1 Å². The summed E-state index contributed by atoms with van der Waals surface area (Å²) in [5.41, 5.74) is 9.42. The molecular weight excluding hydrogens is 172 g/mol. The predicted molar refractivity (Wildman–Crippen MR) is 55.6 cm³/mol. The van der Waals surface area contributed by atoms with Crippen LogP contribution in [0.4, 0.5) is 0 Å². The van der Waals surface area contributed by atoms with Crippen LogP contribution in [0.3, 0.4) is 0 Å². The molecule has 1 aromatic rings. The van der Waals surface area contributed by atoms with Crippen LogP contribution in [0.25, 0.3) is 0 Å². The minimum atomic E-state index is 0.102. The Morgan fingerprint density at radius 1 is 1.50 bits per heavy atom. The maximum atomic E-state index is 8.78. The lowest BCUT2D eigenvalue weighted by Crippen LogP contribution is -2.24. The number of rotatable bonds is 0. The molecule has 2 nitrogen and oxygen atoms in total. The first-order valence-electron chi connectivity index (χ1n) is 4.83. The SMILES string of the molecule is CC1(C)Cc2cc(C#N)ccc2[C@H]1N. The first-order valence-corrected chi connectivity index (χ1v) is 4.83. The van der Waals surface area contributed by atoms with E-state index in [1.165, 1.54) is 11.1 Å². The van der Waals surface area contributed by atoms with Crippen LogP contribution in [-0.2, 0) is 6.42 Å². The maximum absolute atomic E-state index is 8.78. The average molecular weight is 186 g/mol. The Morgan fingerprint density at radius 3 is 2.86 bits per heavy atom. The molecule has 14 heavy (non-hydrogen) atoms. The average Bonchev–Trinajstić information content (AvgIpc) is 2.37. The minimum Gasteiger partial charge on any atom is -0.323 e. The van der Waals surface area contributed by atoms with Crippen molar-refractivity contribution in [3.63, 3.8) is 0 Å². The van der Waals surface area contributed by atoms with E-state index in [0.29, 0.717) is 0 Å². The monoisotopic (exact) mass is 186 g/mol. The predicted octanol–water partition coefficient (Wildman–Crippen LogP) is 2.14. The van der Waals surface area contributed by atoms with Crippen molar-refractivity contribution in [2.45, 2.75) is 26.3 Å². The van der Waals surface area contributed by atoms with E-state index < -0.39 is 0 Å². The molecule has 0 amide bonds. The van der Waals surface area contributed by atoms with Gasteiger partial charge < -0.3 is 5.73 Å². The van der Waals surface area contributed by atoms with Gasteiger partial charge in [0.15, 0.2) is 0 Å². The summed E-state index contributed by atoms with van der Waals surface area (Å²) in [7, 11) is 0. The zero-order valence-electron chi connectivity index (χ0n) is 8.54. The largest absolute Gasteiger partial charge is 0.323 e. The highest BCUT2D eigenvalue weighted by molar-refractivity contribution is 5.43. The molecule has 0 fully saturated rings. The lowest BCUT2D eigenvalue weighted by Gasteiger charge is -2.23. The second kappa shape index (κ2) is 2.83. The Hall–Kier alpha value is -1.33. The zero-order valence-corrected chi connectivity index (χ0v) is 8.54. The van der Waals surface area contributed by atoms with Gasteiger partial charge in [0, 0.05) is 6.04 Å².